The number of fused-ring (bicyclic) bond motifs is 1. The zero-order valence-corrected chi connectivity index (χ0v) is 44.7. The second-order valence-electron chi connectivity index (χ2n) is 21.2. The second kappa shape index (κ2) is 22.6. The third kappa shape index (κ3) is 11.8. The maximum Gasteiger partial charge on any atom is 0.268 e. The molecule has 4 N–H and O–H groups in total. The second-order valence-corrected chi connectivity index (χ2v) is 22.8. The number of piperazine rings is 1. The van der Waals surface area contributed by atoms with Gasteiger partial charge in [-0.15, -0.1) is 0 Å². The normalized spacial score (nSPS) is 20.6. The molecule has 4 aliphatic rings. The Balaban J connectivity index is 0.928. The van der Waals surface area contributed by atoms with E-state index in [1.165, 1.54) is 47.4 Å². The van der Waals surface area contributed by atoms with Crippen molar-refractivity contribution in [2.75, 3.05) is 62.3 Å². The molecular formula is C59H75N7O6S. The molecule has 1 unspecified atom stereocenters. The summed E-state index contributed by atoms with van der Waals surface area (Å²) in [5, 5.41) is 4.43. The number of hydrogen-bond acceptors (Lipinski definition) is 12. The molecule has 14 heteroatoms. The summed E-state index contributed by atoms with van der Waals surface area (Å²) in [6, 6.07) is 22.7. The van der Waals surface area contributed by atoms with Crippen LogP contribution >= 0.6 is 0 Å². The molecule has 73 heavy (non-hydrogen) atoms. The number of benzene rings is 3. The lowest BCUT2D eigenvalue weighted by Crippen LogP contribution is -2.54. The molecule has 2 aromatic heterocycles. The molecular weight excluding hydrogens is 935 g/mol. The molecule has 2 aliphatic carbocycles. The third-order valence-electron chi connectivity index (χ3n) is 15.7. The molecule has 13 nitrogen and oxygen atoms in total. The van der Waals surface area contributed by atoms with Gasteiger partial charge in [0.2, 0.25) is 0 Å². The molecule has 0 radical (unpaired) electrons. The first kappa shape index (κ1) is 51.8. The summed E-state index contributed by atoms with van der Waals surface area (Å²) < 4.78 is 48.4. The minimum absolute atomic E-state index is 0.109. The monoisotopic (exact) mass is 1010 g/mol. The van der Waals surface area contributed by atoms with Crippen LogP contribution in [-0.2, 0) is 16.6 Å². The van der Waals surface area contributed by atoms with Crippen LogP contribution in [0.15, 0.2) is 117 Å². The number of hydrogen-bond donors (Lipinski definition) is 3. The fourth-order valence-electron chi connectivity index (χ4n) is 11.4. The topological polar surface area (TPSA) is 156 Å². The summed E-state index contributed by atoms with van der Waals surface area (Å²) >= 11 is 0. The summed E-state index contributed by atoms with van der Waals surface area (Å²) in [6.07, 6.45) is 15.5. The van der Waals surface area contributed by atoms with Crippen LogP contribution in [0, 0.1) is 18.8 Å². The van der Waals surface area contributed by atoms with E-state index in [1.807, 2.05) is 38.1 Å². The van der Waals surface area contributed by atoms with E-state index in [2.05, 4.69) is 106 Å². The molecule has 3 aromatic carbocycles. The molecule has 388 valence electrons. The van der Waals surface area contributed by atoms with Crippen molar-refractivity contribution in [3.8, 4) is 11.5 Å². The van der Waals surface area contributed by atoms with Gasteiger partial charge in [0.25, 0.3) is 15.9 Å². The lowest BCUT2D eigenvalue weighted by molar-refractivity contribution is 0.0272. The van der Waals surface area contributed by atoms with Gasteiger partial charge in [-0.1, -0.05) is 88.6 Å². The van der Waals surface area contributed by atoms with Gasteiger partial charge in [0.05, 0.1) is 18.4 Å². The fraction of sp³-hybridized carbons (Fsp3) is 0.458. The highest BCUT2D eigenvalue weighted by molar-refractivity contribution is 7.90. The maximum absolute atomic E-state index is 14.2. The minimum atomic E-state index is -4.36. The Morgan fingerprint density at radius 2 is 1.74 bits per heavy atom. The third-order valence-corrected chi connectivity index (χ3v) is 17.0. The first-order valence-electron chi connectivity index (χ1n) is 26.5. The van der Waals surface area contributed by atoms with Crippen molar-refractivity contribution in [1.29, 1.82) is 0 Å². The SMILES string of the molecule is CC/C(=C\C1=C(C)CC=C1)Oc1cc(N2CCC(N3CCN(Cc4ccc(OC)c5oc(C)cc45)CC3c3ccccc3C(C)C)CC2)ccc1C(=O)NS(=O)(=O)c1cnc(NCC2CCC(C)CC2)c(N)c1. The number of allylic oxidation sites excluding steroid dienone is 6. The quantitative estimate of drug-likeness (QED) is 0.0759. The zero-order chi connectivity index (χ0) is 51.4. The highest BCUT2D eigenvalue weighted by Gasteiger charge is 2.37. The number of nitrogen functional groups attached to an aromatic ring is 1. The number of nitrogens with zero attached hydrogens (tertiary/aromatic N) is 4. The van der Waals surface area contributed by atoms with E-state index in [0.717, 1.165) is 118 Å². The average Bonchev–Trinajstić information content (AvgIpc) is 4.00. The molecule has 2 aliphatic heterocycles. The Bertz CT molecular complexity index is 3000. The molecule has 9 rings (SSSR count). The van der Waals surface area contributed by atoms with Gasteiger partial charge in [-0.3, -0.25) is 14.6 Å². The molecule has 4 heterocycles. The van der Waals surface area contributed by atoms with Crippen LogP contribution in [0.3, 0.4) is 0 Å². The number of furan rings is 1. The number of anilines is 3. The van der Waals surface area contributed by atoms with Gasteiger partial charge < -0.3 is 29.8 Å². The predicted molar refractivity (Wildman–Crippen MR) is 293 cm³/mol. The summed E-state index contributed by atoms with van der Waals surface area (Å²) in [6.45, 7) is 18.9. The van der Waals surface area contributed by atoms with Crippen molar-refractivity contribution in [3.63, 3.8) is 0 Å². The van der Waals surface area contributed by atoms with Gasteiger partial charge in [0.15, 0.2) is 11.3 Å². The Hall–Kier alpha value is -6.09. The zero-order valence-electron chi connectivity index (χ0n) is 43.9. The van der Waals surface area contributed by atoms with Crippen molar-refractivity contribution in [1.82, 2.24) is 19.5 Å². The molecule has 2 saturated heterocycles. The number of pyridine rings is 1. The highest BCUT2D eigenvalue weighted by atomic mass is 32.2. The number of carbonyl (C=O) groups excluding carboxylic acids is 1. The summed E-state index contributed by atoms with van der Waals surface area (Å²) in [5.41, 5.74) is 14.7. The van der Waals surface area contributed by atoms with Gasteiger partial charge in [0.1, 0.15) is 28.0 Å². The molecule has 5 aromatic rings. The minimum Gasteiger partial charge on any atom is -0.493 e. The smallest absolute Gasteiger partial charge is 0.268 e. The van der Waals surface area contributed by atoms with Crippen molar-refractivity contribution < 1.29 is 27.1 Å². The van der Waals surface area contributed by atoms with Crippen LogP contribution in [0.4, 0.5) is 17.2 Å². The van der Waals surface area contributed by atoms with Gasteiger partial charge in [-0.25, -0.2) is 18.1 Å². The number of aromatic nitrogens is 1. The van der Waals surface area contributed by atoms with Crippen LogP contribution < -0.4 is 30.1 Å². The Morgan fingerprint density at radius 3 is 2.45 bits per heavy atom. The number of amides is 1. The molecule has 3 fully saturated rings. The molecule has 0 bridgehead atoms. The van der Waals surface area contributed by atoms with E-state index in [-0.39, 0.29) is 27.9 Å². The van der Waals surface area contributed by atoms with Gasteiger partial charge in [-0.2, -0.15) is 0 Å². The molecule has 0 spiro atoms. The number of carbonyl (C=O) groups is 1. The number of sulfonamides is 1. The number of piperidine rings is 1. The lowest BCUT2D eigenvalue weighted by Gasteiger charge is -2.48. The fourth-order valence-corrected chi connectivity index (χ4v) is 12.3. The van der Waals surface area contributed by atoms with Crippen LogP contribution in [0.25, 0.3) is 11.0 Å². The van der Waals surface area contributed by atoms with E-state index in [0.29, 0.717) is 35.9 Å². The Kier molecular flexibility index (Phi) is 16.0. The van der Waals surface area contributed by atoms with E-state index in [4.69, 9.17) is 19.6 Å². The largest absolute Gasteiger partial charge is 0.493 e. The van der Waals surface area contributed by atoms with Crippen molar-refractivity contribution in [3.05, 3.63) is 136 Å². The van der Waals surface area contributed by atoms with E-state index in [9.17, 15) is 13.2 Å². The average molecular weight is 1010 g/mol. The first-order valence-corrected chi connectivity index (χ1v) is 28.0. The van der Waals surface area contributed by atoms with Crippen molar-refractivity contribution in [2.45, 2.75) is 122 Å². The van der Waals surface area contributed by atoms with Gasteiger partial charge >= 0.3 is 0 Å². The number of nitrogens with two attached hydrogens (primary N) is 1. The summed E-state index contributed by atoms with van der Waals surface area (Å²) in [7, 11) is -2.67. The number of rotatable bonds is 17. The van der Waals surface area contributed by atoms with Crippen molar-refractivity contribution in [2.24, 2.45) is 11.8 Å². The van der Waals surface area contributed by atoms with Crippen LogP contribution in [0.5, 0.6) is 11.5 Å². The Labute approximate surface area is 432 Å². The highest BCUT2D eigenvalue weighted by Crippen LogP contribution is 2.39. The van der Waals surface area contributed by atoms with E-state index < -0.39 is 15.9 Å². The molecule has 1 saturated carbocycles. The molecule has 1 atom stereocenters. The van der Waals surface area contributed by atoms with E-state index >= 15 is 0 Å². The lowest BCUT2D eigenvalue weighted by atomic mass is 9.83. The maximum atomic E-state index is 14.2. The number of nitrogens with one attached hydrogen (secondary N) is 2. The first-order chi connectivity index (χ1) is 35.2. The van der Waals surface area contributed by atoms with Crippen LogP contribution in [0.2, 0.25) is 0 Å². The van der Waals surface area contributed by atoms with Crippen LogP contribution in [-0.4, -0.2) is 81.5 Å². The standard InChI is InChI=1S/C59H75N7O6S/c1-8-47(31-43-13-11-12-40(43)5)72-56-32-46(21-22-51(56)59(67)63-73(68,69)48-33-53(60)58(62-35-48)61-34-42-18-16-39(4)17-19-42)65-26-24-45(25-27-65)66-29-28-64(37-54(66)50-15-10-9-14-49(50)38(2)3)36-44-20-23-55(70-7)57-52(44)30-41(6)71-57/h9-11,13-15,20-23,30-33,35,38-39,42,45,54H,8,12,16-19,24-29,34,36-37,60H2,1-7H3,(H,61,62)(H,63,67)/b47-31+. The Morgan fingerprint density at radius 1 is 0.959 bits per heavy atom. The molecule has 1 amide bonds. The predicted octanol–water partition coefficient (Wildman–Crippen LogP) is 11.7. The van der Waals surface area contributed by atoms with Crippen molar-refractivity contribution >= 4 is 44.1 Å². The summed E-state index contributed by atoms with van der Waals surface area (Å²) in [5.74, 6) is 3.86. The van der Waals surface area contributed by atoms with Crippen LogP contribution in [0.1, 0.15) is 131 Å². The van der Waals surface area contributed by atoms with E-state index in [1.54, 1.807) is 13.2 Å². The van der Waals surface area contributed by atoms with Gasteiger partial charge in [-0.05, 0) is 122 Å². The number of methoxy groups -OCH3 is 1. The van der Waals surface area contributed by atoms with Gasteiger partial charge in [0, 0.05) is 87.7 Å². The number of aryl methyl sites for hydroxylation is 1. The summed E-state index contributed by atoms with van der Waals surface area (Å²) in [4.78, 5) is 26.1. The number of ether oxygens (including phenoxy) is 2.